The van der Waals surface area contributed by atoms with Gasteiger partial charge in [0.1, 0.15) is 5.60 Å². The molecule has 1 aliphatic rings. The van der Waals surface area contributed by atoms with Gasteiger partial charge in [-0.05, 0) is 64.1 Å². The zero-order chi connectivity index (χ0) is 24.4. The average molecular weight is 474 g/mol. The Hall–Kier alpha value is -3.07. The molecule has 8 nitrogen and oxygen atoms in total. The molecule has 1 heterocycles. The highest BCUT2D eigenvalue weighted by atomic mass is 32.2. The van der Waals surface area contributed by atoms with Gasteiger partial charge in [-0.3, -0.25) is 9.10 Å². The monoisotopic (exact) mass is 473 g/mol. The molecule has 0 atom stereocenters. The van der Waals surface area contributed by atoms with E-state index in [-0.39, 0.29) is 16.9 Å². The van der Waals surface area contributed by atoms with Gasteiger partial charge in [0.2, 0.25) is 0 Å². The molecule has 0 saturated carbocycles. The Bertz CT molecular complexity index is 1100. The van der Waals surface area contributed by atoms with Crippen molar-refractivity contribution in [1.82, 2.24) is 9.80 Å². The molecule has 2 aromatic carbocycles. The standard InChI is InChI=1S/C24H31N3O5S/c1-18-6-12-21(13-7-18)33(30,31)25(5)20-10-8-19(9-11-20)22(28)26-14-16-27(17-15-26)23(29)32-24(2,3)4/h6-13H,14-17H2,1-5H3. The first-order chi connectivity index (χ1) is 15.4. The van der Waals surface area contributed by atoms with Crippen LogP contribution in [0.2, 0.25) is 0 Å². The van der Waals surface area contributed by atoms with Crippen molar-refractivity contribution in [2.45, 2.75) is 38.2 Å². The van der Waals surface area contributed by atoms with E-state index >= 15 is 0 Å². The molecule has 178 valence electrons. The number of nitrogens with zero attached hydrogens (tertiary/aromatic N) is 3. The Morgan fingerprint density at radius 3 is 1.91 bits per heavy atom. The Morgan fingerprint density at radius 1 is 0.879 bits per heavy atom. The summed E-state index contributed by atoms with van der Waals surface area (Å²) in [5.74, 6) is -0.158. The molecule has 1 saturated heterocycles. The molecule has 3 rings (SSSR count). The first-order valence-electron chi connectivity index (χ1n) is 10.8. The SMILES string of the molecule is Cc1ccc(S(=O)(=O)N(C)c2ccc(C(=O)N3CCN(C(=O)OC(C)(C)C)CC3)cc2)cc1. The zero-order valence-corrected chi connectivity index (χ0v) is 20.6. The zero-order valence-electron chi connectivity index (χ0n) is 19.7. The summed E-state index contributed by atoms with van der Waals surface area (Å²) in [6.07, 6.45) is -0.378. The van der Waals surface area contributed by atoms with Gasteiger partial charge in [-0.25, -0.2) is 13.2 Å². The molecule has 0 radical (unpaired) electrons. The van der Waals surface area contributed by atoms with Gasteiger partial charge in [0.25, 0.3) is 15.9 Å². The fourth-order valence-corrected chi connectivity index (χ4v) is 4.62. The first-order valence-corrected chi connectivity index (χ1v) is 12.3. The van der Waals surface area contributed by atoms with Crippen LogP contribution < -0.4 is 4.31 Å². The summed E-state index contributed by atoms with van der Waals surface area (Å²) in [7, 11) is -2.21. The second kappa shape index (κ2) is 9.43. The van der Waals surface area contributed by atoms with Gasteiger partial charge in [-0.2, -0.15) is 0 Å². The van der Waals surface area contributed by atoms with Crippen molar-refractivity contribution in [2.75, 3.05) is 37.5 Å². The van der Waals surface area contributed by atoms with E-state index in [9.17, 15) is 18.0 Å². The molecule has 0 N–H and O–H groups in total. The van der Waals surface area contributed by atoms with Crippen molar-refractivity contribution >= 4 is 27.7 Å². The minimum absolute atomic E-state index is 0.158. The van der Waals surface area contributed by atoms with E-state index in [0.29, 0.717) is 37.4 Å². The first kappa shape index (κ1) is 24.6. The van der Waals surface area contributed by atoms with Crippen LogP contribution in [0.4, 0.5) is 10.5 Å². The second-order valence-electron chi connectivity index (χ2n) is 9.09. The van der Waals surface area contributed by atoms with Gasteiger partial charge in [0.15, 0.2) is 0 Å². The summed E-state index contributed by atoms with van der Waals surface area (Å²) >= 11 is 0. The molecule has 0 bridgehead atoms. The summed E-state index contributed by atoms with van der Waals surface area (Å²) in [6, 6.07) is 13.2. The number of piperazine rings is 1. The molecule has 0 unspecified atom stereocenters. The highest BCUT2D eigenvalue weighted by Gasteiger charge is 2.28. The third-order valence-electron chi connectivity index (χ3n) is 5.38. The predicted molar refractivity (Wildman–Crippen MR) is 127 cm³/mol. The molecule has 1 aliphatic heterocycles. The van der Waals surface area contributed by atoms with Crippen LogP contribution in [-0.4, -0.2) is 69.0 Å². The van der Waals surface area contributed by atoms with Gasteiger partial charge in [-0.15, -0.1) is 0 Å². The lowest BCUT2D eigenvalue weighted by Crippen LogP contribution is -2.51. The normalized spacial score (nSPS) is 14.7. The number of carbonyl (C=O) groups is 2. The van der Waals surface area contributed by atoms with E-state index in [1.807, 2.05) is 27.7 Å². The minimum Gasteiger partial charge on any atom is -0.444 e. The summed E-state index contributed by atoms with van der Waals surface area (Å²) in [6.45, 7) is 8.95. The second-order valence-corrected chi connectivity index (χ2v) is 11.1. The van der Waals surface area contributed by atoms with Crippen LogP contribution >= 0.6 is 0 Å². The lowest BCUT2D eigenvalue weighted by atomic mass is 10.1. The summed E-state index contributed by atoms with van der Waals surface area (Å²) in [5, 5.41) is 0. The summed E-state index contributed by atoms with van der Waals surface area (Å²) in [5.41, 5.74) is 1.34. The molecular weight excluding hydrogens is 442 g/mol. The fourth-order valence-electron chi connectivity index (χ4n) is 3.42. The number of aryl methyl sites for hydroxylation is 1. The highest BCUT2D eigenvalue weighted by Crippen LogP contribution is 2.23. The molecular formula is C24H31N3O5S. The van der Waals surface area contributed by atoms with Gasteiger partial charge in [-0.1, -0.05) is 17.7 Å². The number of anilines is 1. The lowest BCUT2D eigenvalue weighted by molar-refractivity contribution is 0.0141. The number of ether oxygens (including phenoxy) is 1. The Morgan fingerprint density at radius 2 is 1.39 bits per heavy atom. The van der Waals surface area contributed by atoms with E-state index in [0.717, 1.165) is 5.56 Å². The maximum absolute atomic E-state index is 12.9. The maximum atomic E-state index is 12.9. The Balaban J connectivity index is 1.64. The molecule has 0 aromatic heterocycles. The number of sulfonamides is 1. The Labute approximate surface area is 195 Å². The van der Waals surface area contributed by atoms with E-state index < -0.39 is 15.6 Å². The van der Waals surface area contributed by atoms with E-state index in [2.05, 4.69) is 0 Å². The topological polar surface area (TPSA) is 87.2 Å². The molecule has 33 heavy (non-hydrogen) atoms. The number of amides is 2. The number of hydrogen-bond acceptors (Lipinski definition) is 5. The van der Waals surface area contributed by atoms with Crippen molar-refractivity contribution in [3.8, 4) is 0 Å². The summed E-state index contributed by atoms with van der Waals surface area (Å²) in [4.78, 5) is 28.6. The third-order valence-corrected chi connectivity index (χ3v) is 7.18. The molecule has 0 aliphatic carbocycles. The average Bonchev–Trinajstić information content (AvgIpc) is 2.77. The van der Waals surface area contributed by atoms with Crippen molar-refractivity contribution in [3.05, 3.63) is 59.7 Å². The maximum Gasteiger partial charge on any atom is 0.410 e. The van der Waals surface area contributed by atoms with Crippen LogP contribution in [-0.2, 0) is 14.8 Å². The number of rotatable bonds is 4. The van der Waals surface area contributed by atoms with Crippen LogP contribution in [0.5, 0.6) is 0 Å². The van der Waals surface area contributed by atoms with Crippen LogP contribution in [0, 0.1) is 6.92 Å². The smallest absolute Gasteiger partial charge is 0.410 e. The van der Waals surface area contributed by atoms with Gasteiger partial charge in [0.05, 0.1) is 10.6 Å². The fraction of sp³-hybridized carbons (Fsp3) is 0.417. The molecule has 2 aromatic rings. The van der Waals surface area contributed by atoms with Gasteiger partial charge < -0.3 is 14.5 Å². The Kier molecular flexibility index (Phi) is 7.02. The molecule has 0 spiro atoms. The van der Waals surface area contributed by atoms with E-state index in [4.69, 9.17) is 4.74 Å². The van der Waals surface area contributed by atoms with Crippen molar-refractivity contribution in [2.24, 2.45) is 0 Å². The van der Waals surface area contributed by atoms with E-state index in [1.54, 1.807) is 58.3 Å². The highest BCUT2D eigenvalue weighted by molar-refractivity contribution is 7.92. The quantitative estimate of drug-likeness (QED) is 0.678. The number of hydrogen-bond donors (Lipinski definition) is 0. The van der Waals surface area contributed by atoms with Crippen molar-refractivity contribution < 1.29 is 22.7 Å². The molecule has 2 amide bonds. The predicted octanol–water partition coefficient (Wildman–Crippen LogP) is 3.51. The number of benzene rings is 2. The molecule has 1 fully saturated rings. The lowest BCUT2D eigenvalue weighted by Gasteiger charge is -2.35. The van der Waals surface area contributed by atoms with Crippen molar-refractivity contribution in [3.63, 3.8) is 0 Å². The third kappa shape index (κ3) is 5.84. The van der Waals surface area contributed by atoms with Crippen LogP contribution in [0.1, 0.15) is 36.7 Å². The molecule has 9 heteroatoms. The van der Waals surface area contributed by atoms with Crippen LogP contribution in [0.25, 0.3) is 0 Å². The van der Waals surface area contributed by atoms with E-state index in [1.165, 1.54) is 11.4 Å². The number of carbonyl (C=O) groups excluding carboxylic acids is 2. The van der Waals surface area contributed by atoms with Crippen molar-refractivity contribution in [1.29, 1.82) is 0 Å². The largest absolute Gasteiger partial charge is 0.444 e. The van der Waals surface area contributed by atoms with Gasteiger partial charge >= 0.3 is 6.09 Å². The minimum atomic E-state index is -3.70. The summed E-state index contributed by atoms with van der Waals surface area (Å²) < 4.78 is 32.4. The van der Waals surface area contributed by atoms with Gasteiger partial charge in [0, 0.05) is 38.8 Å². The van der Waals surface area contributed by atoms with Crippen LogP contribution in [0.3, 0.4) is 0 Å². The van der Waals surface area contributed by atoms with Crippen LogP contribution in [0.15, 0.2) is 53.4 Å².